The highest BCUT2D eigenvalue weighted by Crippen LogP contribution is 2.36. The summed E-state index contributed by atoms with van der Waals surface area (Å²) in [4.78, 5) is 12.3. The van der Waals surface area contributed by atoms with Crippen LogP contribution >= 0.6 is 0 Å². The largest absolute Gasteiger partial charge is 0.465 e. The molecule has 1 aliphatic rings. The fraction of sp³-hybridized carbons (Fsp3) is 0.588. The van der Waals surface area contributed by atoms with E-state index in [0.29, 0.717) is 12.8 Å². The molecule has 0 aliphatic heterocycles. The average Bonchev–Trinajstić information content (AvgIpc) is 2.55. The van der Waals surface area contributed by atoms with Gasteiger partial charge in [-0.1, -0.05) is 31.4 Å². The average molecular weight is 378 g/mol. The zero-order chi connectivity index (χ0) is 18.7. The summed E-state index contributed by atoms with van der Waals surface area (Å²) in [7, 11) is -3.90. The Balaban J connectivity index is 2.40. The van der Waals surface area contributed by atoms with Gasteiger partial charge < -0.3 is 4.74 Å². The van der Waals surface area contributed by atoms with E-state index in [4.69, 9.17) is 4.74 Å². The molecule has 2 rings (SSSR count). The van der Waals surface area contributed by atoms with E-state index in [0.717, 1.165) is 43.5 Å². The van der Waals surface area contributed by atoms with Gasteiger partial charge in [-0.15, -0.1) is 0 Å². The fourth-order valence-corrected chi connectivity index (χ4v) is 5.36. The summed E-state index contributed by atoms with van der Waals surface area (Å²) in [6, 6.07) is 3.67. The van der Waals surface area contributed by atoms with Crippen LogP contribution in [0.1, 0.15) is 55.4 Å². The summed E-state index contributed by atoms with van der Waals surface area (Å²) < 4.78 is 69.0. The van der Waals surface area contributed by atoms with Crippen LogP contribution in [-0.2, 0) is 25.5 Å². The predicted molar refractivity (Wildman–Crippen MR) is 86.6 cm³/mol. The van der Waals surface area contributed by atoms with Crippen LogP contribution in [-0.4, -0.2) is 26.2 Å². The molecule has 0 aromatic heterocycles. The zero-order valence-corrected chi connectivity index (χ0v) is 14.7. The molecule has 25 heavy (non-hydrogen) atoms. The van der Waals surface area contributed by atoms with E-state index in [2.05, 4.69) is 0 Å². The Morgan fingerprint density at radius 1 is 1.16 bits per heavy atom. The molecule has 1 aromatic carbocycles. The quantitative estimate of drug-likeness (QED) is 0.725. The molecule has 1 aliphatic carbocycles. The third-order valence-electron chi connectivity index (χ3n) is 4.39. The highest BCUT2D eigenvalue weighted by atomic mass is 32.2. The van der Waals surface area contributed by atoms with Gasteiger partial charge in [-0.25, -0.2) is 8.42 Å². The lowest BCUT2D eigenvalue weighted by molar-refractivity contribution is -0.142. The second-order valence-electron chi connectivity index (χ2n) is 6.10. The van der Waals surface area contributed by atoms with E-state index < -0.39 is 38.0 Å². The van der Waals surface area contributed by atoms with Gasteiger partial charge in [0.25, 0.3) is 0 Å². The minimum atomic E-state index is -4.53. The van der Waals surface area contributed by atoms with E-state index in [9.17, 15) is 26.4 Å². The van der Waals surface area contributed by atoms with Crippen LogP contribution in [0.4, 0.5) is 13.2 Å². The van der Waals surface area contributed by atoms with Crippen LogP contribution in [0, 0.1) is 0 Å². The van der Waals surface area contributed by atoms with E-state index >= 15 is 0 Å². The highest BCUT2D eigenvalue weighted by molar-refractivity contribution is 7.93. The molecule has 0 N–H and O–H groups in total. The number of ether oxygens (including phenoxy) is 1. The molecule has 1 aromatic rings. The van der Waals surface area contributed by atoms with Gasteiger partial charge in [0.1, 0.15) is 0 Å². The lowest BCUT2D eigenvalue weighted by atomic mass is 10.0. The number of halogens is 3. The molecule has 4 nitrogen and oxygen atoms in total. The van der Waals surface area contributed by atoms with Crippen LogP contribution in [0.15, 0.2) is 24.3 Å². The summed E-state index contributed by atoms with van der Waals surface area (Å²) in [5, 5.41) is -2.25. The van der Waals surface area contributed by atoms with Crippen molar-refractivity contribution in [3.05, 3.63) is 35.4 Å². The number of rotatable bonds is 5. The molecule has 1 unspecified atom stereocenters. The van der Waals surface area contributed by atoms with Crippen molar-refractivity contribution in [2.24, 2.45) is 0 Å². The number of sulfone groups is 1. The van der Waals surface area contributed by atoms with E-state index in [1.54, 1.807) is 6.92 Å². The van der Waals surface area contributed by atoms with E-state index in [-0.39, 0.29) is 12.2 Å². The number of alkyl halides is 3. The SMILES string of the molecule is CCOC(=O)C(c1ccc(C(F)(F)F)cc1)S(=O)(=O)C1CCCCC1. The monoisotopic (exact) mass is 378 g/mol. The Labute approximate surface area is 145 Å². The molecular weight excluding hydrogens is 357 g/mol. The Morgan fingerprint density at radius 3 is 2.20 bits per heavy atom. The van der Waals surface area contributed by atoms with Crippen molar-refractivity contribution in [3.8, 4) is 0 Å². The molecule has 1 atom stereocenters. The van der Waals surface area contributed by atoms with Gasteiger partial charge in [-0.05, 0) is 37.5 Å². The molecular formula is C17H21F3O4S. The van der Waals surface area contributed by atoms with Crippen LogP contribution in [0.25, 0.3) is 0 Å². The number of carbonyl (C=O) groups is 1. The normalized spacial score (nSPS) is 17.9. The van der Waals surface area contributed by atoms with Crippen molar-refractivity contribution in [2.75, 3.05) is 6.61 Å². The molecule has 8 heteroatoms. The number of hydrogen-bond acceptors (Lipinski definition) is 4. The van der Waals surface area contributed by atoms with Crippen molar-refractivity contribution in [2.45, 2.75) is 55.7 Å². The standard InChI is InChI=1S/C17H21F3O4S/c1-2-24-16(21)15(25(22,23)14-6-4-3-5-7-14)12-8-10-13(11-9-12)17(18,19)20/h8-11,14-15H,2-7H2,1H3. The molecule has 0 radical (unpaired) electrons. The summed E-state index contributed by atoms with van der Waals surface area (Å²) in [6.07, 6.45) is -1.16. The second kappa shape index (κ2) is 7.76. The number of benzene rings is 1. The molecule has 0 saturated heterocycles. The molecule has 1 fully saturated rings. The summed E-state index contributed by atoms with van der Waals surface area (Å²) >= 11 is 0. The van der Waals surface area contributed by atoms with Crippen molar-refractivity contribution < 1.29 is 31.1 Å². The minimum absolute atomic E-state index is 0.00381. The number of hydrogen-bond donors (Lipinski definition) is 0. The summed E-state index contributed by atoms with van der Waals surface area (Å²) in [5.74, 6) is -0.937. The Hall–Kier alpha value is -1.57. The summed E-state index contributed by atoms with van der Waals surface area (Å²) in [5.41, 5.74) is -0.883. The first-order valence-electron chi connectivity index (χ1n) is 8.24. The molecule has 1 saturated carbocycles. The Kier molecular flexibility index (Phi) is 6.13. The minimum Gasteiger partial charge on any atom is -0.465 e. The maximum atomic E-state index is 13.0. The van der Waals surface area contributed by atoms with Gasteiger partial charge in [-0.2, -0.15) is 13.2 Å². The Bertz CT molecular complexity index is 690. The van der Waals surface area contributed by atoms with E-state index in [1.165, 1.54) is 0 Å². The van der Waals surface area contributed by atoms with Crippen LogP contribution in [0.5, 0.6) is 0 Å². The van der Waals surface area contributed by atoms with Gasteiger partial charge >= 0.3 is 12.1 Å². The smallest absolute Gasteiger partial charge is 0.416 e. The number of carbonyl (C=O) groups excluding carboxylic acids is 1. The zero-order valence-electron chi connectivity index (χ0n) is 13.9. The Morgan fingerprint density at radius 2 is 1.72 bits per heavy atom. The highest BCUT2D eigenvalue weighted by Gasteiger charge is 2.41. The lowest BCUT2D eigenvalue weighted by Gasteiger charge is -2.26. The van der Waals surface area contributed by atoms with Crippen molar-refractivity contribution in [1.82, 2.24) is 0 Å². The maximum Gasteiger partial charge on any atom is 0.416 e. The van der Waals surface area contributed by atoms with Gasteiger partial charge in [0.15, 0.2) is 15.1 Å². The maximum absolute atomic E-state index is 13.0. The van der Waals surface area contributed by atoms with Gasteiger partial charge in [0.2, 0.25) is 0 Å². The van der Waals surface area contributed by atoms with Crippen molar-refractivity contribution >= 4 is 15.8 Å². The molecule has 0 bridgehead atoms. The first-order chi connectivity index (χ1) is 11.7. The van der Waals surface area contributed by atoms with Crippen molar-refractivity contribution in [1.29, 1.82) is 0 Å². The molecule has 0 spiro atoms. The van der Waals surface area contributed by atoms with Gasteiger partial charge in [0.05, 0.1) is 17.4 Å². The number of esters is 1. The van der Waals surface area contributed by atoms with Crippen LogP contribution < -0.4 is 0 Å². The topological polar surface area (TPSA) is 60.4 Å². The fourth-order valence-electron chi connectivity index (χ4n) is 3.11. The molecule has 140 valence electrons. The molecule has 0 heterocycles. The molecule has 0 amide bonds. The predicted octanol–water partition coefficient (Wildman–Crippen LogP) is 4.06. The third kappa shape index (κ3) is 4.54. The van der Waals surface area contributed by atoms with E-state index in [1.807, 2.05) is 0 Å². The third-order valence-corrected chi connectivity index (χ3v) is 6.91. The lowest BCUT2D eigenvalue weighted by Crippen LogP contribution is -2.34. The van der Waals surface area contributed by atoms with Crippen molar-refractivity contribution in [3.63, 3.8) is 0 Å². The van der Waals surface area contributed by atoms with Crippen LogP contribution in [0.3, 0.4) is 0 Å². The van der Waals surface area contributed by atoms with Crippen LogP contribution in [0.2, 0.25) is 0 Å². The van der Waals surface area contributed by atoms with Gasteiger partial charge in [-0.3, -0.25) is 4.79 Å². The van der Waals surface area contributed by atoms with Gasteiger partial charge in [0, 0.05) is 0 Å². The first kappa shape index (κ1) is 19.8. The second-order valence-corrected chi connectivity index (χ2v) is 8.42. The first-order valence-corrected chi connectivity index (χ1v) is 9.85. The summed E-state index contributed by atoms with van der Waals surface area (Å²) in [6.45, 7) is 1.55.